The minimum atomic E-state index is -0.0585. The van der Waals surface area contributed by atoms with E-state index in [2.05, 4.69) is 89.1 Å². The Hall–Kier alpha value is -3.34. The summed E-state index contributed by atoms with van der Waals surface area (Å²) in [5.41, 5.74) is 8.12. The molecule has 2 fully saturated rings. The Morgan fingerprint density at radius 1 is 0.841 bits per heavy atom. The van der Waals surface area contributed by atoms with E-state index in [-0.39, 0.29) is 10.8 Å². The molecule has 1 N–H and O–H groups in total. The fourth-order valence-corrected chi connectivity index (χ4v) is 8.51. The van der Waals surface area contributed by atoms with Gasteiger partial charge in [-0.3, -0.25) is 0 Å². The standard InChI is InChI=1S/C40H50N2O2/c1-31(39(23-10-4-11-24-39)34-18-8-9-19-35(34)41-27-29-43-2)15-14-20-37-40(25-12-5-13-26-40)38-33-17-7-6-16-32(33)21-22-36(38)42(37)28-30-44-3/h6-9,14-22,41H,1,4-5,10-13,23-30H2,2-3H3/b15-14+,37-20+. The molecule has 6 rings (SSSR count). The van der Waals surface area contributed by atoms with Gasteiger partial charge in [0.15, 0.2) is 0 Å². The van der Waals surface area contributed by atoms with Crippen molar-refractivity contribution in [3.63, 3.8) is 0 Å². The predicted molar refractivity (Wildman–Crippen MR) is 186 cm³/mol. The summed E-state index contributed by atoms with van der Waals surface area (Å²) in [7, 11) is 3.57. The van der Waals surface area contributed by atoms with Crippen LogP contribution >= 0.6 is 0 Å². The number of benzene rings is 3. The first-order valence-electron chi connectivity index (χ1n) is 16.8. The molecule has 1 spiro atoms. The molecule has 2 saturated carbocycles. The molecule has 0 atom stereocenters. The third kappa shape index (κ3) is 5.63. The van der Waals surface area contributed by atoms with Crippen LogP contribution in [0.15, 0.2) is 96.7 Å². The Bertz CT molecular complexity index is 1510. The monoisotopic (exact) mass is 590 g/mol. The van der Waals surface area contributed by atoms with Gasteiger partial charge in [-0.1, -0.05) is 106 Å². The molecule has 1 heterocycles. The normalized spacial score (nSPS) is 20.0. The zero-order chi connectivity index (χ0) is 30.4. The second-order valence-corrected chi connectivity index (χ2v) is 13.0. The molecule has 3 aliphatic rings. The van der Waals surface area contributed by atoms with Crippen molar-refractivity contribution in [2.24, 2.45) is 0 Å². The fraction of sp³-hybridized carbons (Fsp3) is 0.450. The van der Waals surface area contributed by atoms with Crippen LogP contribution in [0.3, 0.4) is 0 Å². The fourth-order valence-electron chi connectivity index (χ4n) is 8.51. The molecular formula is C40H50N2O2. The van der Waals surface area contributed by atoms with Crippen LogP contribution in [0.1, 0.15) is 75.3 Å². The van der Waals surface area contributed by atoms with Gasteiger partial charge in [-0.05, 0) is 71.4 Å². The molecule has 3 aromatic rings. The van der Waals surface area contributed by atoms with Crippen molar-refractivity contribution in [1.82, 2.24) is 0 Å². The minimum Gasteiger partial charge on any atom is -0.383 e. The number of nitrogens with zero attached hydrogens (tertiary/aromatic N) is 1. The van der Waals surface area contributed by atoms with Crippen molar-refractivity contribution in [1.29, 1.82) is 0 Å². The number of ether oxygens (including phenoxy) is 2. The number of anilines is 2. The van der Waals surface area contributed by atoms with Crippen LogP contribution in [0.25, 0.3) is 10.8 Å². The lowest BCUT2D eigenvalue weighted by atomic mass is 9.64. The molecule has 0 radical (unpaired) electrons. The van der Waals surface area contributed by atoms with E-state index in [1.54, 1.807) is 7.11 Å². The lowest BCUT2D eigenvalue weighted by Gasteiger charge is -2.40. The molecule has 1 aliphatic heterocycles. The van der Waals surface area contributed by atoms with Crippen LogP contribution in [-0.4, -0.2) is 40.5 Å². The highest BCUT2D eigenvalue weighted by Gasteiger charge is 2.48. The van der Waals surface area contributed by atoms with Crippen molar-refractivity contribution in [3.05, 3.63) is 108 Å². The predicted octanol–water partition coefficient (Wildman–Crippen LogP) is 9.46. The van der Waals surface area contributed by atoms with Gasteiger partial charge in [0.25, 0.3) is 0 Å². The van der Waals surface area contributed by atoms with Crippen LogP contribution in [0.2, 0.25) is 0 Å². The number of methoxy groups -OCH3 is 2. The molecule has 4 heteroatoms. The van der Waals surface area contributed by atoms with E-state index < -0.39 is 0 Å². The van der Waals surface area contributed by atoms with Gasteiger partial charge < -0.3 is 19.7 Å². The second kappa shape index (κ2) is 13.7. The van der Waals surface area contributed by atoms with Gasteiger partial charge in [-0.25, -0.2) is 0 Å². The van der Waals surface area contributed by atoms with E-state index in [1.807, 2.05) is 7.11 Å². The van der Waals surface area contributed by atoms with Crippen molar-refractivity contribution in [3.8, 4) is 0 Å². The minimum absolute atomic E-state index is 0.0360. The van der Waals surface area contributed by atoms with Crippen LogP contribution in [-0.2, 0) is 20.3 Å². The van der Waals surface area contributed by atoms with Crippen LogP contribution in [0.4, 0.5) is 11.4 Å². The van der Waals surface area contributed by atoms with Gasteiger partial charge >= 0.3 is 0 Å². The van der Waals surface area contributed by atoms with E-state index in [0.29, 0.717) is 13.2 Å². The van der Waals surface area contributed by atoms with E-state index in [0.717, 1.165) is 25.9 Å². The van der Waals surface area contributed by atoms with Gasteiger partial charge in [0.05, 0.1) is 13.2 Å². The van der Waals surface area contributed by atoms with Gasteiger partial charge in [-0.2, -0.15) is 0 Å². The number of hydrogen-bond acceptors (Lipinski definition) is 4. The zero-order valence-corrected chi connectivity index (χ0v) is 26.9. The first-order valence-corrected chi connectivity index (χ1v) is 16.8. The van der Waals surface area contributed by atoms with Gasteiger partial charge in [0.1, 0.15) is 0 Å². The summed E-state index contributed by atoms with van der Waals surface area (Å²) in [6.45, 7) is 7.82. The van der Waals surface area contributed by atoms with E-state index in [1.165, 1.54) is 95.9 Å². The highest BCUT2D eigenvalue weighted by molar-refractivity contribution is 5.95. The summed E-state index contributed by atoms with van der Waals surface area (Å²) in [6.07, 6.45) is 19.4. The third-order valence-corrected chi connectivity index (χ3v) is 10.6. The Labute approximate surface area is 264 Å². The maximum absolute atomic E-state index is 5.65. The number of nitrogens with one attached hydrogen (secondary N) is 1. The quantitative estimate of drug-likeness (QED) is 0.178. The highest BCUT2D eigenvalue weighted by Crippen LogP contribution is 2.57. The van der Waals surface area contributed by atoms with Crippen LogP contribution in [0.5, 0.6) is 0 Å². The number of allylic oxidation sites excluding steroid dienone is 5. The Morgan fingerprint density at radius 2 is 1.55 bits per heavy atom. The molecule has 0 bridgehead atoms. The second-order valence-electron chi connectivity index (χ2n) is 13.0. The number of para-hydroxylation sites is 1. The molecular weight excluding hydrogens is 540 g/mol. The van der Waals surface area contributed by atoms with E-state index in [4.69, 9.17) is 16.1 Å². The maximum atomic E-state index is 5.65. The highest BCUT2D eigenvalue weighted by atomic mass is 16.5. The average Bonchev–Trinajstić information content (AvgIpc) is 3.32. The smallest absolute Gasteiger partial charge is 0.0642 e. The van der Waals surface area contributed by atoms with Gasteiger partial charge in [-0.15, -0.1) is 0 Å². The van der Waals surface area contributed by atoms with Gasteiger partial charge in [0, 0.05) is 55.2 Å². The number of fused-ring (bicyclic) bond motifs is 4. The average molecular weight is 591 g/mol. The van der Waals surface area contributed by atoms with Crippen molar-refractivity contribution in [2.75, 3.05) is 50.7 Å². The molecule has 4 nitrogen and oxygen atoms in total. The molecule has 44 heavy (non-hydrogen) atoms. The SMILES string of the molecule is C=C(/C=C/C=C1/N(CCOC)c2ccc3ccccc3c2C12CCCCC2)C1(c2ccccc2NCCOC)CCCCC1. The molecule has 0 saturated heterocycles. The van der Waals surface area contributed by atoms with Crippen molar-refractivity contribution < 1.29 is 9.47 Å². The largest absolute Gasteiger partial charge is 0.383 e. The van der Waals surface area contributed by atoms with Gasteiger partial charge in [0.2, 0.25) is 0 Å². The maximum Gasteiger partial charge on any atom is 0.0642 e. The summed E-state index contributed by atoms with van der Waals surface area (Å²) in [5.74, 6) is 0. The summed E-state index contributed by atoms with van der Waals surface area (Å²) < 4.78 is 11.0. The molecule has 3 aromatic carbocycles. The zero-order valence-electron chi connectivity index (χ0n) is 26.9. The van der Waals surface area contributed by atoms with Crippen LogP contribution in [0, 0.1) is 0 Å². The first-order chi connectivity index (χ1) is 21.6. The molecule has 0 unspecified atom stereocenters. The number of hydrogen-bond donors (Lipinski definition) is 1. The lowest BCUT2D eigenvalue weighted by molar-refractivity contribution is 0.206. The van der Waals surface area contributed by atoms with Crippen molar-refractivity contribution in [2.45, 2.75) is 75.0 Å². The molecule has 0 amide bonds. The number of rotatable bonds is 11. The Balaban J connectivity index is 1.40. The summed E-state index contributed by atoms with van der Waals surface area (Å²) in [5, 5.41) is 6.41. The first kappa shape index (κ1) is 30.7. The Morgan fingerprint density at radius 3 is 2.32 bits per heavy atom. The topological polar surface area (TPSA) is 33.7 Å². The summed E-state index contributed by atoms with van der Waals surface area (Å²) in [4.78, 5) is 2.56. The summed E-state index contributed by atoms with van der Waals surface area (Å²) in [6, 6.07) is 22.5. The van der Waals surface area contributed by atoms with Crippen LogP contribution < -0.4 is 10.2 Å². The van der Waals surface area contributed by atoms with E-state index in [9.17, 15) is 0 Å². The molecule has 232 valence electrons. The third-order valence-electron chi connectivity index (χ3n) is 10.6. The van der Waals surface area contributed by atoms with Crippen molar-refractivity contribution >= 4 is 22.1 Å². The molecule has 0 aromatic heterocycles. The molecule has 2 aliphatic carbocycles. The lowest BCUT2D eigenvalue weighted by Crippen LogP contribution is -2.34. The summed E-state index contributed by atoms with van der Waals surface area (Å²) >= 11 is 0. The Kier molecular flexibility index (Phi) is 9.59. The van der Waals surface area contributed by atoms with E-state index >= 15 is 0 Å².